The number of methoxy groups -OCH3 is 2. The molecule has 0 spiro atoms. The molecule has 0 saturated carbocycles. The van der Waals surface area contributed by atoms with E-state index in [0.717, 1.165) is 72.1 Å². The van der Waals surface area contributed by atoms with E-state index in [-0.39, 0.29) is 0 Å². The van der Waals surface area contributed by atoms with E-state index in [1.165, 1.54) is 16.7 Å². The van der Waals surface area contributed by atoms with E-state index in [0.29, 0.717) is 36.3 Å². The number of hydrazone groups is 1. The van der Waals surface area contributed by atoms with Gasteiger partial charge in [0, 0.05) is 7.05 Å². The van der Waals surface area contributed by atoms with Gasteiger partial charge in [0.2, 0.25) is 11.6 Å². The molecule has 0 saturated heterocycles. The van der Waals surface area contributed by atoms with Gasteiger partial charge in [-0.2, -0.15) is 24.9 Å². The molecular formula is C51H52N18O2S3. The average Bonchev–Trinajstić information content (AvgIpc) is 4.31. The Hall–Kier alpha value is -8.25. The van der Waals surface area contributed by atoms with Crippen LogP contribution in [0.15, 0.2) is 160 Å². The highest BCUT2D eigenvalue weighted by atomic mass is 32.1. The second-order valence-electron chi connectivity index (χ2n) is 17.0. The standard InChI is InChI=1S/C19H20N6OS.C19H18N6OS.C13H14N6S/c1-13-3-7-15(8-4-13)25-19(27)17(11-20-25)18-21-22-23-24(18)12-14-5-9-16(26-2)10-6-14;1-13-3-7-15(8-4-13)25-19(27)17(11-20-25)18-21-23-24(22-18)12-14-5-9-16(26-2)10-6-14;1-9-4-3-5-10(6-9)8-19-16-12(15-17-19)11-7-14-18(2)13(11)20/h3-11,22-23,27H,12H2,1-2H3;3-11,27H,12H2,1-2H3;3-7,20H,8H2,1-2H3. The van der Waals surface area contributed by atoms with E-state index in [1.807, 2.05) is 116 Å². The molecule has 2 N–H and O–H groups in total. The molecule has 0 amide bonds. The van der Waals surface area contributed by atoms with Gasteiger partial charge >= 0.3 is 0 Å². The monoisotopic (exact) mass is 1040 g/mol. The molecule has 5 aromatic carbocycles. The maximum atomic E-state index is 5.21. The van der Waals surface area contributed by atoms with Crippen molar-refractivity contribution in [2.45, 2.75) is 55.5 Å². The third-order valence-electron chi connectivity index (χ3n) is 11.6. The van der Waals surface area contributed by atoms with Crippen molar-refractivity contribution in [3.8, 4) is 45.6 Å². The van der Waals surface area contributed by atoms with Crippen LogP contribution in [-0.2, 0) is 26.7 Å². The molecule has 1 aliphatic heterocycles. The lowest BCUT2D eigenvalue weighted by Gasteiger charge is -2.19. The van der Waals surface area contributed by atoms with Gasteiger partial charge in [-0.1, -0.05) is 89.5 Å². The topological polar surface area (TPSA) is 199 Å². The largest absolute Gasteiger partial charge is 0.497 e. The van der Waals surface area contributed by atoms with E-state index >= 15 is 0 Å². The molecule has 1 aliphatic rings. The fraction of sp³-hybridized carbons (Fsp3) is 0.176. The molecule has 6 heterocycles. The fourth-order valence-electron chi connectivity index (χ4n) is 7.53. The summed E-state index contributed by atoms with van der Waals surface area (Å²) in [5, 5.41) is 46.7. The molecule has 5 aromatic heterocycles. The molecule has 0 radical (unpaired) electrons. The van der Waals surface area contributed by atoms with Crippen LogP contribution < -0.4 is 20.5 Å². The molecule has 10 aromatic rings. The number of nitrogens with one attached hydrogen (secondary N) is 2. The Morgan fingerprint density at radius 3 is 1.51 bits per heavy atom. The first kappa shape index (κ1) is 50.7. The van der Waals surface area contributed by atoms with Gasteiger partial charge in [-0.25, -0.2) is 14.9 Å². The van der Waals surface area contributed by atoms with Gasteiger partial charge in [-0.3, -0.25) is 9.69 Å². The zero-order valence-corrected chi connectivity index (χ0v) is 43.9. The zero-order chi connectivity index (χ0) is 51.7. The highest BCUT2D eigenvalue weighted by molar-refractivity contribution is 7.80. The number of hydrazine groups is 2. The predicted octanol–water partition coefficient (Wildman–Crippen LogP) is 7.56. The first-order valence-electron chi connectivity index (χ1n) is 23.1. The maximum Gasteiger partial charge on any atom is 0.209 e. The molecule has 11 rings (SSSR count). The number of benzene rings is 5. The fourth-order valence-corrected chi connectivity index (χ4v) is 8.39. The number of aromatic nitrogens is 14. The summed E-state index contributed by atoms with van der Waals surface area (Å²) in [6, 6.07) is 40.1. The number of hydrogen-bond donors (Lipinski definition) is 5. The van der Waals surface area contributed by atoms with E-state index in [1.54, 1.807) is 56.4 Å². The Morgan fingerprint density at radius 1 is 0.514 bits per heavy atom. The number of amidine groups is 1. The van der Waals surface area contributed by atoms with Crippen molar-refractivity contribution < 1.29 is 9.47 Å². The third-order valence-corrected chi connectivity index (χ3v) is 13.0. The van der Waals surface area contributed by atoms with Crippen molar-refractivity contribution in [1.82, 2.24) is 85.8 Å². The van der Waals surface area contributed by atoms with Gasteiger partial charge < -0.3 is 9.47 Å². The molecule has 0 atom stereocenters. The Kier molecular flexibility index (Phi) is 15.8. The summed E-state index contributed by atoms with van der Waals surface area (Å²) in [4.78, 5) is 3.12. The van der Waals surface area contributed by atoms with Gasteiger partial charge in [0.05, 0.1) is 80.5 Å². The van der Waals surface area contributed by atoms with Crippen LogP contribution in [0.3, 0.4) is 0 Å². The molecular weight excluding hydrogens is 993 g/mol. The van der Waals surface area contributed by atoms with Crippen molar-refractivity contribution in [3.63, 3.8) is 0 Å². The van der Waals surface area contributed by atoms with Crippen molar-refractivity contribution in [2.24, 2.45) is 12.1 Å². The lowest BCUT2D eigenvalue weighted by atomic mass is 10.1. The number of aryl methyl sites for hydroxylation is 4. The summed E-state index contributed by atoms with van der Waals surface area (Å²) in [5.74, 6) is 3.41. The van der Waals surface area contributed by atoms with Gasteiger partial charge in [0.25, 0.3) is 0 Å². The highest BCUT2D eigenvalue weighted by Crippen LogP contribution is 2.27. The van der Waals surface area contributed by atoms with E-state index in [4.69, 9.17) is 9.47 Å². The summed E-state index contributed by atoms with van der Waals surface area (Å²) in [6.07, 6.45) is 5.17. The Labute approximate surface area is 443 Å². The van der Waals surface area contributed by atoms with Crippen LogP contribution in [0, 0.1) is 20.8 Å². The van der Waals surface area contributed by atoms with Crippen molar-refractivity contribution in [1.29, 1.82) is 0 Å². The van der Waals surface area contributed by atoms with Crippen LogP contribution in [0.5, 0.6) is 11.5 Å². The SMILES string of the molecule is COc1ccc(CN2NNN=C2c2cnn(-c3ccc(C)cc3)c2S)cc1.COc1ccc(Cn2nnc(-c3cnn(-c4ccc(C)cc4)c3S)n2)cc1.Cc1cccc(Cn2nnc(-c3cnn(C)c3S)n2)c1. The molecule has 20 nitrogen and oxygen atoms in total. The second-order valence-corrected chi connectivity index (χ2v) is 18.3. The molecule has 0 aliphatic carbocycles. The number of rotatable bonds is 13. The number of tetrazole rings is 2. The molecule has 0 bridgehead atoms. The first-order valence-corrected chi connectivity index (χ1v) is 24.4. The molecule has 0 fully saturated rings. The highest BCUT2D eigenvalue weighted by Gasteiger charge is 2.24. The average molecular weight is 1050 g/mol. The zero-order valence-electron chi connectivity index (χ0n) is 41.2. The van der Waals surface area contributed by atoms with Crippen LogP contribution in [0.4, 0.5) is 0 Å². The summed E-state index contributed by atoms with van der Waals surface area (Å²) in [5.41, 5.74) is 17.0. The van der Waals surface area contributed by atoms with Crippen LogP contribution >= 0.6 is 37.9 Å². The van der Waals surface area contributed by atoms with Crippen molar-refractivity contribution in [2.75, 3.05) is 14.2 Å². The van der Waals surface area contributed by atoms with Gasteiger partial charge in [0.15, 0.2) is 5.84 Å². The normalized spacial score (nSPS) is 11.9. The number of hydrogen-bond acceptors (Lipinski definition) is 18. The number of nitrogens with zero attached hydrogens (tertiary/aromatic N) is 16. The van der Waals surface area contributed by atoms with Gasteiger partial charge in [-0.15, -0.1) is 68.9 Å². The first-order chi connectivity index (χ1) is 35.9. The molecule has 0 unspecified atom stereocenters. The van der Waals surface area contributed by atoms with E-state index in [2.05, 4.69) is 138 Å². The van der Waals surface area contributed by atoms with Crippen molar-refractivity contribution in [3.05, 3.63) is 179 Å². The maximum absolute atomic E-state index is 5.21. The van der Waals surface area contributed by atoms with Gasteiger partial charge in [0.1, 0.15) is 26.6 Å². The number of ether oxygens (including phenoxy) is 2. The number of thiol groups is 3. The molecule has 74 heavy (non-hydrogen) atoms. The quantitative estimate of drug-likeness (QED) is 0.0709. The van der Waals surface area contributed by atoms with Crippen LogP contribution in [-0.4, -0.2) is 94.8 Å². The Balaban J connectivity index is 0.000000138. The van der Waals surface area contributed by atoms with Crippen LogP contribution in [0.25, 0.3) is 34.2 Å². The smallest absolute Gasteiger partial charge is 0.209 e. The summed E-state index contributed by atoms with van der Waals surface area (Å²) < 4.78 is 15.6. The summed E-state index contributed by atoms with van der Waals surface area (Å²) in [6.45, 7) is 7.90. The molecule has 23 heteroatoms. The Bertz CT molecular complexity index is 3490. The van der Waals surface area contributed by atoms with Crippen molar-refractivity contribution >= 4 is 43.7 Å². The third kappa shape index (κ3) is 12.0. The van der Waals surface area contributed by atoms with Crippen LogP contribution in [0.1, 0.15) is 38.9 Å². The summed E-state index contributed by atoms with van der Waals surface area (Å²) in [7, 11) is 5.13. The Morgan fingerprint density at radius 2 is 1.00 bits per heavy atom. The minimum absolute atomic E-state index is 0.492. The molecule has 376 valence electrons. The second kappa shape index (κ2) is 23.1. The minimum Gasteiger partial charge on any atom is -0.497 e. The lowest BCUT2D eigenvalue weighted by molar-refractivity contribution is 0.287. The van der Waals surface area contributed by atoms with Crippen LogP contribution in [0.2, 0.25) is 0 Å². The van der Waals surface area contributed by atoms with E-state index < -0.39 is 0 Å². The van der Waals surface area contributed by atoms with E-state index in [9.17, 15) is 0 Å². The minimum atomic E-state index is 0.492. The van der Waals surface area contributed by atoms with Gasteiger partial charge in [-0.05, 0) is 96.4 Å². The predicted molar refractivity (Wildman–Crippen MR) is 289 cm³/mol. The lowest BCUT2D eigenvalue weighted by Crippen LogP contribution is -2.40. The summed E-state index contributed by atoms with van der Waals surface area (Å²) >= 11 is 13.7.